The number of nitrogens with zero attached hydrogens (tertiary/aromatic N) is 1. The molecule has 114 valence electrons. The molecule has 0 bridgehead atoms. The van der Waals surface area contributed by atoms with Gasteiger partial charge < -0.3 is 0 Å². The largest absolute Gasteiger partial charge is 0.295 e. The van der Waals surface area contributed by atoms with Crippen LogP contribution in [0.25, 0.3) is 0 Å². The Labute approximate surface area is 133 Å². The summed E-state index contributed by atoms with van der Waals surface area (Å²) in [5.41, 5.74) is 1.77. The maximum atomic E-state index is 12.7. The molecule has 0 N–H and O–H groups in total. The first-order valence-corrected chi connectivity index (χ1v) is 7.78. The van der Waals surface area contributed by atoms with Crippen molar-refractivity contribution in [1.82, 2.24) is 5.06 Å². The number of likely N-dealkylation sites (N-methyl/N-ethyl adjacent to an activating group) is 1. The summed E-state index contributed by atoms with van der Waals surface area (Å²) in [6.45, 7) is 7.35. The fourth-order valence-electron chi connectivity index (χ4n) is 2.86. The van der Waals surface area contributed by atoms with Crippen LogP contribution in [0.15, 0.2) is 16.6 Å². The summed E-state index contributed by atoms with van der Waals surface area (Å²) >= 11 is 3.47. The standard InChI is InChI=1S/C16H20BrNO3/c1-6-10-8-11(17)7-9(2)12(10)13-14(19)16(3,4)21-18(5)15(13)20/h7-8,13H,6H2,1-5H3. The number of hydrogen-bond donors (Lipinski definition) is 0. The van der Waals surface area contributed by atoms with Gasteiger partial charge in [-0.05, 0) is 56.0 Å². The molecule has 1 aliphatic rings. The Morgan fingerprint density at radius 1 is 1.33 bits per heavy atom. The zero-order valence-electron chi connectivity index (χ0n) is 13.0. The SMILES string of the molecule is CCc1cc(Br)cc(C)c1C1C(=O)N(C)OC(C)(C)C1=O. The molecule has 1 aliphatic heterocycles. The van der Waals surface area contributed by atoms with Gasteiger partial charge in [-0.25, -0.2) is 5.06 Å². The van der Waals surface area contributed by atoms with Crippen molar-refractivity contribution < 1.29 is 14.4 Å². The highest BCUT2D eigenvalue weighted by Gasteiger charge is 2.48. The van der Waals surface area contributed by atoms with Gasteiger partial charge in [-0.15, -0.1) is 0 Å². The van der Waals surface area contributed by atoms with Crippen molar-refractivity contribution in [2.75, 3.05) is 7.05 Å². The van der Waals surface area contributed by atoms with Gasteiger partial charge in [0.2, 0.25) is 0 Å². The molecule has 2 rings (SSSR count). The van der Waals surface area contributed by atoms with Gasteiger partial charge in [-0.2, -0.15) is 0 Å². The van der Waals surface area contributed by atoms with Crippen LogP contribution in [0.2, 0.25) is 0 Å². The van der Waals surface area contributed by atoms with Crippen LogP contribution in [-0.4, -0.2) is 29.4 Å². The summed E-state index contributed by atoms with van der Waals surface area (Å²) in [6, 6.07) is 3.92. The minimum atomic E-state index is -1.00. The molecule has 1 unspecified atom stereocenters. The second kappa shape index (κ2) is 5.54. The first-order chi connectivity index (χ1) is 9.69. The molecule has 1 aromatic carbocycles. The third-order valence-corrected chi connectivity index (χ3v) is 4.34. The third-order valence-electron chi connectivity index (χ3n) is 3.88. The minimum absolute atomic E-state index is 0.189. The number of benzene rings is 1. The first-order valence-electron chi connectivity index (χ1n) is 6.99. The van der Waals surface area contributed by atoms with Crippen molar-refractivity contribution in [3.8, 4) is 0 Å². The Bertz CT molecular complexity index is 610. The minimum Gasteiger partial charge on any atom is -0.295 e. The van der Waals surface area contributed by atoms with E-state index in [-0.39, 0.29) is 11.7 Å². The Morgan fingerprint density at radius 2 is 1.95 bits per heavy atom. The molecule has 4 nitrogen and oxygen atoms in total. The van der Waals surface area contributed by atoms with Gasteiger partial charge in [0.25, 0.3) is 5.91 Å². The number of Topliss-reactive ketones (excluding diaryl/α,β-unsaturated/α-hetero) is 1. The number of hydrogen-bond acceptors (Lipinski definition) is 3. The molecule has 0 aliphatic carbocycles. The second-order valence-corrected chi connectivity index (χ2v) is 6.80. The van der Waals surface area contributed by atoms with Crippen LogP contribution in [0.1, 0.15) is 43.4 Å². The van der Waals surface area contributed by atoms with Gasteiger partial charge in [0, 0.05) is 11.5 Å². The summed E-state index contributed by atoms with van der Waals surface area (Å²) in [5, 5.41) is 1.19. The van der Waals surface area contributed by atoms with Crippen LogP contribution >= 0.6 is 15.9 Å². The number of hydroxylamine groups is 2. The van der Waals surface area contributed by atoms with Gasteiger partial charge in [0.1, 0.15) is 11.5 Å². The van der Waals surface area contributed by atoms with E-state index in [4.69, 9.17) is 4.84 Å². The van der Waals surface area contributed by atoms with E-state index in [1.165, 1.54) is 5.06 Å². The van der Waals surface area contributed by atoms with Gasteiger partial charge >= 0.3 is 0 Å². The summed E-state index contributed by atoms with van der Waals surface area (Å²) in [7, 11) is 1.56. The molecule has 1 aromatic rings. The number of carbonyl (C=O) groups excluding carboxylic acids is 2. The normalized spacial score (nSPS) is 21.8. The highest BCUT2D eigenvalue weighted by atomic mass is 79.9. The average Bonchev–Trinajstić information content (AvgIpc) is 2.38. The molecule has 1 atom stereocenters. The van der Waals surface area contributed by atoms with Crippen molar-refractivity contribution in [2.45, 2.75) is 45.6 Å². The molecule has 0 radical (unpaired) electrons. The van der Waals surface area contributed by atoms with Crippen molar-refractivity contribution in [3.05, 3.63) is 33.3 Å². The van der Waals surface area contributed by atoms with E-state index in [1.54, 1.807) is 20.9 Å². The van der Waals surface area contributed by atoms with Crippen molar-refractivity contribution in [3.63, 3.8) is 0 Å². The lowest BCUT2D eigenvalue weighted by molar-refractivity contribution is -0.233. The quantitative estimate of drug-likeness (QED) is 0.767. The Balaban J connectivity index is 2.63. The van der Waals surface area contributed by atoms with Crippen LogP contribution in [-0.2, 0) is 20.8 Å². The highest BCUT2D eigenvalue weighted by Crippen LogP contribution is 2.36. The Kier molecular flexibility index (Phi) is 4.26. The number of aryl methyl sites for hydroxylation is 2. The summed E-state index contributed by atoms with van der Waals surface area (Å²) in [4.78, 5) is 30.6. The third kappa shape index (κ3) is 2.77. The molecule has 0 aromatic heterocycles. The lowest BCUT2D eigenvalue weighted by Crippen LogP contribution is -2.54. The van der Waals surface area contributed by atoms with Crippen LogP contribution < -0.4 is 0 Å². The average molecular weight is 354 g/mol. The van der Waals surface area contributed by atoms with Crippen LogP contribution in [0.5, 0.6) is 0 Å². The number of rotatable bonds is 2. The smallest absolute Gasteiger partial charge is 0.261 e. The van der Waals surface area contributed by atoms with Crippen molar-refractivity contribution in [1.29, 1.82) is 0 Å². The van der Waals surface area contributed by atoms with E-state index in [0.717, 1.165) is 27.6 Å². The van der Waals surface area contributed by atoms with Crippen LogP contribution in [0.3, 0.4) is 0 Å². The lowest BCUT2D eigenvalue weighted by Gasteiger charge is -2.39. The molecule has 0 saturated carbocycles. The highest BCUT2D eigenvalue weighted by molar-refractivity contribution is 9.10. The molecule has 1 saturated heterocycles. The van der Waals surface area contributed by atoms with Crippen LogP contribution in [0, 0.1) is 6.92 Å². The Hall–Kier alpha value is -1.20. The molecule has 1 amide bonds. The predicted octanol–water partition coefficient (Wildman–Crippen LogP) is 3.15. The van der Waals surface area contributed by atoms with E-state index >= 15 is 0 Å². The van der Waals surface area contributed by atoms with Gasteiger partial charge in [-0.3, -0.25) is 14.4 Å². The van der Waals surface area contributed by atoms with Crippen molar-refractivity contribution >= 4 is 27.6 Å². The lowest BCUT2D eigenvalue weighted by atomic mass is 9.80. The fourth-order valence-corrected chi connectivity index (χ4v) is 3.48. The van der Waals surface area contributed by atoms with E-state index in [0.29, 0.717) is 0 Å². The number of carbonyl (C=O) groups is 2. The molecular formula is C16H20BrNO3. The number of halogens is 1. The zero-order chi connectivity index (χ0) is 15.9. The molecule has 1 fully saturated rings. The fraction of sp³-hybridized carbons (Fsp3) is 0.500. The summed E-state index contributed by atoms with van der Waals surface area (Å²) < 4.78 is 0.958. The maximum Gasteiger partial charge on any atom is 0.261 e. The topological polar surface area (TPSA) is 46.6 Å². The Morgan fingerprint density at radius 3 is 2.52 bits per heavy atom. The monoisotopic (exact) mass is 353 g/mol. The molecule has 1 heterocycles. The van der Waals surface area contributed by atoms with Gasteiger partial charge in [0.05, 0.1) is 0 Å². The predicted molar refractivity (Wildman–Crippen MR) is 83.9 cm³/mol. The zero-order valence-corrected chi connectivity index (χ0v) is 14.6. The van der Waals surface area contributed by atoms with E-state index in [9.17, 15) is 9.59 Å². The molecule has 0 spiro atoms. The van der Waals surface area contributed by atoms with Gasteiger partial charge in [0.15, 0.2) is 5.78 Å². The van der Waals surface area contributed by atoms with E-state index < -0.39 is 11.5 Å². The van der Waals surface area contributed by atoms with E-state index in [1.807, 2.05) is 26.0 Å². The molecule has 5 heteroatoms. The van der Waals surface area contributed by atoms with Gasteiger partial charge in [-0.1, -0.05) is 22.9 Å². The summed E-state index contributed by atoms with van der Waals surface area (Å²) in [6.07, 6.45) is 0.762. The molecular weight excluding hydrogens is 334 g/mol. The van der Waals surface area contributed by atoms with Crippen molar-refractivity contribution in [2.24, 2.45) is 0 Å². The summed E-state index contributed by atoms with van der Waals surface area (Å²) in [5.74, 6) is -1.29. The number of ketones is 1. The second-order valence-electron chi connectivity index (χ2n) is 5.88. The molecule has 21 heavy (non-hydrogen) atoms. The van der Waals surface area contributed by atoms with Crippen LogP contribution in [0.4, 0.5) is 0 Å². The first kappa shape index (κ1) is 16.2. The van der Waals surface area contributed by atoms with E-state index in [2.05, 4.69) is 15.9 Å². The maximum absolute atomic E-state index is 12.7. The number of amides is 1.